The van der Waals surface area contributed by atoms with Gasteiger partial charge in [0.15, 0.2) is 0 Å². The Morgan fingerprint density at radius 3 is 2.50 bits per heavy atom. The number of nitrogens with one attached hydrogen (secondary N) is 1. The van der Waals surface area contributed by atoms with Gasteiger partial charge in [-0.15, -0.1) is 0 Å². The maximum Gasteiger partial charge on any atom is 0.123 e. The van der Waals surface area contributed by atoms with Crippen LogP contribution >= 0.6 is 0 Å². The van der Waals surface area contributed by atoms with E-state index in [2.05, 4.69) is 54.7 Å². The lowest BCUT2D eigenvalue weighted by atomic mass is 10.1. The van der Waals surface area contributed by atoms with Crippen LogP contribution in [0.3, 0.4) is 0 Å². The fraction of sp³-hybridized carbons (Fsp3) is 0.333. The summed E-state index contributed by atoms with van der Waals surface area (Å²) in [5.41, 5.74) is 2.67. The summed E-state index contributed by atoms with van der Waals surface area (Å²) in [7, 11) is 1.73. The third-order valence-corrected chi connectivity index (χ3v) is 4.09. The van der Waals surface area contributed by atoms with Crippen LogP contribution in [0.1, 0.15) is 36.4 Å². The van der Waals surface area contributed by atoms with Crippen molar-refractivity contribution in [1.82, 2.24) is 5.32 Å². The van der Waals surface area contributed by atoms with Crippen LogP contribution in [-0.4, -0.2) is 13.2 Å². The van der Waals surface area contributed by atoms with Gasteiger partial charge in [-0.1, -0.05) is 48.5 Å². The zero-order valence-corrected chi connectivity index (χ0v) is 12.0. The molecule has 3 rings (SSSR count). The average Bonchev–Trinajstić information content (AvgIpc) is 3.27. The van der Waals surface area contributed by atoms with E-state index in [4.69, 9.17) is 4.74 Å². The van der Waals surface area contributed by atoms with Crippen LogP contribution in [0.15, 0.2) is 54.6 Å². The third-order valence-electron chi connectivity index (χ3n) is 4.09. The van der Waals surface area contributed by atoms with E-state index in [0.29, 0.717) is 18.0 Å². The van der Waals surface area contributed by atoms with Gasteiger partial charge in [-0.2, -0.15) is 0 Å². The normalized spacial score (nSPS) is 22.3. The summed E-state index contributed by atoms with van der Waals surface area (Å²) in [4.78, 5) is 0. The molecule has 0 radical (unpaired) electrons. The number of hydrogen-bond acceptors (Lipinski definition) is 2. The van der Waals surface area contributed by atoms with Crippen molar-refractivity contribution in [2.24, 2.45) is 0 Å². The number of methoxy groups -OCH3 is 1. The summed E-state index contributed by atoms with van der Waals surface area (Å²) in [6, 6.07) is 19.9. The first-order valence-corrected chi connectivity index (χ1v) is 7.23. The fourth-order valence-corrected chi connectivity index (χ4v) is 2.88. The SMILES string of the molecule is COc1ccccc1C(C)NC1CC1c1ccccc1. The highest BCUT2D eigenvalue weighted by molar-refractivity contribution is 5.36. The van der Waals surface area contributed by atoms with Crippen molar-refractivity contribution >= 4 is 0 Å². The lowest BCUT2D eigenvalue weighted by molar-refractivity contribution is 0.401. The summed E-state index contributed by atoms with van der Waals surface area (Å²) in [6.07, 6.45) is 1.23. The second-order valence-corrected chi connectivity index (χ2v) is 5.49. The van der Waals surface area contributed by atoms with Gasteiger partial charge < -0.3 is 10.1 Å². The number of hydrogen-bond donors (Lipinski definition) is 1. The molecule has 0 heterocycles. The Balaban J connectivity index is 1.65. The summed E-state index contributed by atoms with van der Waals surface area (Å²) in [5, 5.41) is 3.71. The molecule has 0 bridgehead atoms. The molecule has 0 amide bonds. The first kappa shape index (κ1) is 13.2. The molecule has 0 aliphatic heterocycles. The Morgan fingerprint density at radius 1 is 1.05 bits per heavy atom. The van der Waals surface area contributed by atoms with Gasteiger partial charge >= 0.3 is 0 Å². The minimum atomic E-state index is 0.310. The van der Waals surface area contributed by atoms with Gasteiger partial charge in [0.05, 0.1) is 7.11 Å². The maximum atomic E-state index is 5.44. The molecular weight excluding hydrogens is 246 g/mol. The van der Waals surface area contributed by atoms with Gasteiger partial charge in [-0.3, -0.25) is 0 Å². The quantitative estimate of drug-likeness (QED) is 0.887. The molecule has 104 valence electrons. The van der Waals surface area contributed by atoms with Gasteiger partial charge in [0.1, 0.15) is 5.75 Å². The summed E-state index contributed by atoms with van der Waals surface area (Å²) < 4.78 is 5.44. The molecular formula is C18H21NO. The molecule has 2 heteroatoms. The smallest absolute Gasteiger partial charge is 0.123 e. The highest BCUT2D eigenvalue weighted by atomic mass is 16.5. The maximum absolute atomic E-state index is 5.44. The van der Waals surface area contributed by atoms with Crippen LogP contribution in [0.25, 0.3) is 0 Å². The van der Waals surface area contributed by atoms with E-state index < -0.39 is 0 Å². The fourth-order valence-electron chi connectivity index (χ4n) is 2.88. The predicted molar refractivity (Wildman–Crippen MR) is 82.1 cm³/mol. The monoisotopic (exact) mass is 267 g/mol. The summed E-state index contributed by atoms with van der Waals surface area (Å²) in [6.45, 7) is 2.21. The second kappa shape index (κ2) is 5.68. The van der Waals surface area contributed by atoms with E-state index in [1.54, 1.807) is 7.11 Å². The first-order chi connectivity index (χ1) is 9.79. The predicted octanol–water partition coefficient (Wildman–Crippen LogP) is 3.90. The summed E-state index contributed by atoms with van der Waals surface area (Å²) >= 11 is 0. The highest BCUT2D eigenvalue weighted by Gasteiger charge is 2.39. The minimum Gasteiger partial charge on any atom is -0.496 e. The van der Waals surface area contributed by atoms with Crippen molar-refractivity contribution in [3.8, 4) is 5.75 Å². The van der Waals surface area contributed by atoms with Gasteiger partial charge in [0.25, 0.3) is 0 Å². The molecule has 2 aromatic carbocycles. The zero-order chi connectivity index (χ0) is 13.9. The Labute approximate surface area is 120 Å². The standard InChI is InChI=1S/C18H21NO/c1-13(15-10-6-7-11-18(15)20-2)19-17-12-16(17)14-8-4-3-5-9-14/h3-11,13,16-17,19H,12H2,1-2H3. The van der Waals surface area contributed by atoms with Gasteiger partial charge in [-0.25, -0.2) is 0 Å². The van der Waals surface area contributed by atoms with Crippen molar-refractivity contribution in [2.75, 3.05) is 7.11 Å². The number of rotatable bonds is 5. The van der Waals surface area contributed by atoms with Crippen LogP contribution in [-0.2, 0) is 0 Å². The van der Waals surface area contributed by atoms with Crippen molar-refractivity contribution in [3.63, 3.8) is 0 Å². The summed E-state index contributed by atoms with van der Waals surface area (Å²) in [5.74, 6) is 1.62. The Hall–Kier alpha value is -1.80. The molecule has 3 unspecified atom stereocenters. The van der Waals surface area contributed by atoms with Crippen molar-refractivity contribution in [1.29, 1.82) is 0 Å². The number of benzene rings is 2. The Bertz CT molecular complexity index is 567. The van der Waals surface area contributed by atoms with E-state index in [1.807, 2.05) is 12.1 Å². The zero-order valence-electron chi connectivity index (χ0n) is 12.0. The van der Waals surface area contributed by atoms with E-state index in [-0.39, 0.29) is 0 Å². The van der Waals surface area contributed by atoms with E-state index >= 15 is 0 Å². The second-order valence-electron chi connectivity index (χ2n) is 5.49. The lowest BCUT2D eigenvalue weighted by Crippen LogP contribution is -2.22. The van der Waals surface area contributed by atoms with Crippen molar-refractivity contribution < 1.29 is 4.74 Å². The van der Waals surface area contributed by atoms with Crippen molar-refractivity contribution in [3.05, 3.63) is 65.7 Å². The van der Waals surface area contributed by atoms with Gasteiger partial charge in [0.2, 0.25) is 0 Å². The molecule has 2 nitrogen and oxygen atoms in total. The highest BCUT2D eigenvalue weighted by Crippen LogP contribution is 2.42. The molecule has 3 atom stereocenters. The minimum absolute atomic E-state index is 0.310. The van der Waals surface area contributed by atoms with Crippen LogP contribution in [0.4, 0.5) is 0 Å². The molecule has 20 heavy (non-hydrogen) atoms. The van der Waals surface area contributed by atoms with Crippen LogP contribution in [0, 0.1) is 0 Å². The van der Waals surface area contributed by atoms with Gasteiger partial charge in [0, 0.05) is 23.6 Å². The molecule has 0 spiro atoms. The molecule has 2 aromatic rings. The largest absolute Gasteiger partial charge is 0.496 e. The van der Waals surface area contributed by atoms with Crippen LogP contribution < -0.4 is 10.1 Å². The van der Waals surface area contributed by atoms with Crippen molar-refractivity contribution in [2.45, 2.75) is 31.3 Å². The lowest BCUT2D eigenvalue weighted by Gasteiger charge is -2.17. The first-order valence-electron chi connectivity index (χ1n) is 7.23. The third kappa shape index (κ3) is 2.70. The van der Waals surface area contributed by atoms with E-state index in [9.17, 15) is 0 Å². The van der Waals surface area contributed by atoms with Crippen LogP contribution in [0.2, 0.25) is 0 Å². The topological polar surface area (TPSA) is 21.3 Å². The molecule has 1 saturated carbocycles. The molecule has 0 aromatic heterocycles. The molecule has 1 aliphatic rings. The van der Waals surface area contributed by atoms with Crippen LogP contribution in [0.5, 0.6) is 5.75 Å². The average molecular weight is 267 g/mol. The molecule has 0 saturated heterocycles. The molecule has 1 N–H and O–H groups in total. The number of ether oxygens (including phenoxy) is 1. The molecule has 1 fully saturated rings. The number of para-hydroxylation sites is 1. The van der Waals surface area contributed by atoms with Gasteiger partial charge in [-0.05, 0) is 25.0 Å². The van der Waals surface area contributed by atoms with E-state index in [0.717, 1.165) is 5.75 Å². The Morgan fingerprint density at radius 2 is 1.75 bits per heavy atom. The van der Waals surface area contributed by atoms with E-state index in [1.165, 1.54) is 17.5 Å². The Kier molecular flexibility index (Phi) is 3.75. The molecule has 1 aliphatic carbocycles.